The number of amides is 2. The van der Waals surface area contributed by atoms with Crippen molar-refractivity contribution in [2.45, 2.75) is 19.3 Å². The van der Waals surface area contributed by atoms with Crippen LogP contribution in [0.5, 0.6) is 5.88 Å². The highest BCUT2D eigenvalue weighted by Crippen LogP contribution is 2.24. The molecule has 9 nitrogen and oxygen atoms in total. The lowest BCUT2D eigenvalue weighted by molar-refractivity contribution is -0.138. The average molecular weight is 449 g/mol. The van der Waals surface area contributed by atoms with E-state index in [2.05, 4.69) is 55.2 Å². The zero-order chi connectivity index (χ0) is 22.6. The molecule has 0 aliphatic carbocycles. The highest BCUT2D eigenvalue weighted by Gasteiger charge is 2.29. The monoisotopic (exact) mass is 448 g/mol. The van der Waals surface area contributed by atoms with E-state index in [4.69, 9.17) is 4.74 Å². The third-order valence-electron chi connectivity index (χ3n) is 6.40. The predicted octanol–water partition coefficient (Wildman–Crippen LogP) is 1.85. The minimum absolute atomic E-state index is 0.133. The molecule has 9 heteroatoms. The third kappa shape index (κ3) is 4.68. The fourth-order valence-electron chi connectivity index (χ4n) is 4.54. The largest absolute Gasteiger partial charge is 0.473 e. The van der Waals surface area contributed by atoms with Gasteiger partial charge in [-0.3, -0.25) is 19.4 Å². The molecule has 2 aliphatic heterocycles. The maximum absolute atomic E-state index is 11.8. The summed E-state index contributed by atoms with van der Waals surface area (Å²) < 4.78 is 5.83. The molecule has 0 spiro atoms. The van der Waals surface area contributed by atoms with E-state index in [1.54, 1.807) is 12.4 Å². The number of ether oxygens (including phenoxy) is 1. The normalized spacial score (nSPS) is 17.3. The van der Waals surface area contributed by atoms with Crippen molar-refractivity contribution in [2.75, 3.05) is 50.8 Å². The number of imide groups is 1. The first-order valence-electron chi connectivity index (χ1n) is 11.5. The van der Waals surface area contributed by atoms with E-state index in [0.29, 0.717) is 24.5 Å². The van der Waals surface area contributed by atoms with Gasteiger partial charge >= 0.3 is 0 Å². The number of H-pyrrole nitrogens is 1. The first-order chi connectivity index (χ1) is 16.2. The van der Waals surface area contributed by atoms with Crippen LogP contribution in [0.3, 0.4) is 0 Å². The minimum Gasteiger partial charge on any atom is -0.473 e. The van der Waals surface area contributed by atoms with Gasteiger partial charge in [-0.2, -0.15) is 0 Å². The molecule has 4 heterocycles. The van der Waals surface area contributed by atoms with Gasteiger partial charge in [-0.05, 0) is 18.1 Å². The number of hydrogen-bond donors (Lipinski definition) is 1. The number of carbonyl (C=O) groups is 2. The van der Waals surface area contributed by atoms with Crippen LogP contribution in [0.4, 0.5) is 5.82 Å². The Balaban J connectivity index is 1.13. The van der Waals surface area contributed by atoms with Crippen LogP contribution in [-0.4, -0.2) is 82.4 Å². The molecule has 1 N–H and O–H groups in total. The van der Waals surface area contributed by atoms with Crippen LogP contribution in [0.15, 0.2) is 42.9 Å². The van der Waals surface area contributed by atoms with Gasteiger partial charge in [-0.25, -0.2) is 9.97 Å². The predicted molar refractivity (Wildman–Crippen MR) is 124 cm³/mol. The summed E-state index contributed by atoms with van der Waals surface area (Å²) in [5, 5.41) is 1.30. The summed E-state index contributed by atoms with van der Waals surface area (Å²) in [5.41, 5.74) is 2.54. The molecule has 0 saturated carbocycles. The fourth-order valence-corrected chi connectivity index (χ4v) is 4.54. The van der Waals surface area contributed by atoms with Crippen molar-refractivity contribution in [1.29, 1.82) is 0 Å². The number of benzene rings is 1. The molecule has 0 atom stereocenters. The van der Waals surface area contributed by atoms with Crippen molar-refractivity contribution >= 4 is 28.5 Å². The number of rotatable bonds is 8. The average Bonchev–Trinajstić information content (AvgIpc) is 3.41. The molecular formula is C24H28N6O3. The lowest BCUT2D eigenvalue weighted by Crippen LogP contribution is -2.47. The standard InChI is InChI=1S/C24H28N6O3/c31-21-5-6-22(32)30(21)15-16-33-24-23(25-8-9-26-24)29-13-11-28(12-14-29)10-7-18-17-27-20-4-2-1-3-19(18)20/h1-4,8-9,17,27H,5-7,10-16H2. The summed E-state index contributed by atoms with van der Waals surface area (Å²) in [6.07, 6.45) is 6.98. The number of para-hydroxylation sites is 1. The van der Waals surface area contributed by atoms with Crippen LogP contribution >= 0.6 is 0 Å². The van der Waals surface area contributed by atoms with Crippen LogP contribution in [0.25, 0.3) is 10.9 Å². The Hall–Kier alpha value is -3.46. The second-order valence-electron chi connectivity index (χ2n) is 8.41. The van der Waals surface area contributed by atoms with Gasteiger partial charge in [0.2, 0.25) is 11.8 Å². The number of carbonyl (C=O) groups excluding carboxylic acids is 2. The maximum atomic E-state index is 11.8. The molecule has 5 rings (SSSR count). The summed E-state index contributed by atoms with van der Waals surface area (Å²) in [6, 6.07) is 8.42. The highest BCUT2D eigenvalue weighted by atomic mass is 16.5. The molecule has 2 saturated heterocycles. The topological polar surface area (TPSA) is 94.7 Å². The lowest BCUT2D eigenvalue weighted by atomic mass is 10.1. The zero-order valence-electron chi connectivity index (χ0n) is 18.6. The van der Waals surface area contributed by atoms with Gasteiger partial charge in [0.15, 0.2) is 5.82 Å². The van der Waals surface area contributed by atoms with Gasteiger partial charge in [0.05, 0.1) is 6.54 Å². The van der Waals surface area contributed by atoms with E-state index < -0.39 is 0 Å². The molecule has 2 aromatic heterocycles. The van der Waals surface area contributed by atoms with Gasteiger partial charge in [-0.1, -0.05) is 18.2 Å². The van der Waals surface area contributed by atoms with Crippen molar-refractivity contribution < 1.29 is 14.3 Å². The third-order valence-corrected chi connectivity index (χ3v) is 6.40. The zero-order valence-corrected chi connectivity index (χ0v) is 18.6. The van der Waals surface area contributed by atoms with Gasteiger partial charge < -0.3 is 14.6 Å². The van der Waals surface area contributed by atoms with E-state index in [1.807, 2.05) is 0 Å². The molecule has 0 radical (unpaired) electrons. The van der Waals surface area contributed by atoms with Crippen molar-refractivity contribution in [1.82, 2.24) is 24.8 Å². The Morgan fingerprint density at radius 1 is 0.939 bits per heavy atom. The molecule has 33 heavy (non-hydrogen) atoms. The molecule has 172 valence electrons. The smallest absolute Gasteiger partial charge is 0.257 e. The van der Waals surface area contributed by atoms with Crippen molar-refractivity contribution in [3.63, 3.8) is 0 Å². The molecule has 0 unspecified atom stereocenters. The van der Waals surface area contributed by atoms with Gasteiger partial charge in [0.25, 0.3) is 5.88 Å². The van der Waals surface area contributed by atoms with Crippen LogP contribution in [0.1, 0.15) is 18.4 Å². The van der Waals surface area contributed by atoms with Crippen LogP contribution in [-0.2, 0) is 16.0 Å². The van der Waals surface area contributed by atoms with Gasteiger partial charge in [0, 0.05) is 75.1 Å². The van der Waals surface area contributed by atoms with Gasteiger partial charge in [0.1, 0.15) is 6.61 Å². The first-order valence-corrected chi connectivity index (χ1v) is 11.5. The Kier molecular flexibility index (Phi) is 6.21. The van der Waals surface area contributed by atoms with E-state index in [9.17, 15) is 9.59 Å². The number of aromatic amines is 1. The van der Waals surface area contributed by atoms with E-state index in [1.165, 1.54) is 21.4 Å². The van der Waals surface area contributed by atoms with Crippen molar-refractivity contribution in [3.05, 3.63) is 48.4 Å². The SMILES string of the molecule is O=C1CCC(=O)N1CCOc1nccnc1N1CCN(CCc2c[nH]c3ccccc23)CC1. The second-order valence-corrected chi connectivity index (χ2v) is 8.41. The number of nitrogens with zero attached hydrogens (tertiary/aromatic N) is 5. The molecule has 3 aromatic rings. The summed E-state index contributed by atoms with van der Waals surface area (Å²) in [6.45, 7) is 5.03. The quantitative estimate of drug-likeness (QED) is 0.526. The summed E-state index contributed by atoms with van der Waals surface area (Å²) in [5.74, 6) is 0.898. The first kappa shape index (κ1) is 21.4. The second kappa shape index (κ2) is 9.58. The molecule has 2 aliphatic rings. The number of fused-ring (bicyclic) bond motifs is 1. The van der Waals surface area contributed by atoms with Crippen molar-refractivity contribution in [3.8, 4) is 5.88 Å². The number of aromatic nitrogens is 3. The van der Waals surface area contributed by atoms with E-state index in [0.717, 1.165) is 39.1 Å². The van der Waals surface area contributed by atoms with Crippen LogP contribution in [0.2, 0.25) is 0 Å². The molecule has 2 fully saturated rings. The maximum Gasteiger partial charge on any atom is 0.257 e. The lowest BCUT2D eigenvalue weighted by Gasteiger charge is -2.35. The Bertz CT molecular complexity index is 1120. The molecular weight excluding hydrogens is 420 g/mol. The Labute approximate surface area is 192 Å². The molecule has 2 amide bonds. The molecule has 1 aromatic carbocycles. The van der Waals surface area contributed by atoms with E-state index in [-0.39, 0.29) is 25.0 Å². The van der Waals surface area contributed by atoms with Crippen LogP contribution < -0.4 is 9.64 Å². The summed E-state index contributed by atoms with van der Waals surface area (Å²) in [4.78, 5) is 41.7. The Morgan fingerprint density at radius 2 is 1.70 bits per heavy atom. The fraction of sp³-hybridized carbons (Fsp3) is 0.417. The molecule has 0 bridgehead atoms. The van der Waals surface area contributed by atoms with E-state index >= 15 is 0 Å². The summed E-state index contributed by atoms with van der Waals surface area (Å²) in [7, 11) is 0. The van der Waals surface area contributed by atoms with Gasteiger partial charge in [-0.15, -0.1) is 0 Å². The van der Waals surface area contributed by atoms with Crippen LogP contribution in [0, 0.1) is 0 Å². The number of piperazine rings is 1. The minimum atomic E-state index is -0.133. The summed E-state index contributed by atoms with van der Waals surface area (Å²) >= 11 is 0. The van der Waals surface area contributed by atoms with Crippen molar-refractivity contribution in [2.24, 2.45) is 0 Å². The number of likely N-dealkylation sites (tertiary alicyclic amines) is 1. The number of nitrogens with one attached hydrogen (secondary N) is 1. The number of hydrogen-bond acceptors (Lipinski definition) is 7. The Morgan fingerprint density at radius 3 is 2.52 bits per heavy atom. The highest BCUT2D eigenvalue weighted by molar-refractivity contribution is 6.01. The number of anilines is 1.